The van der Waals surface area contributed by atoms with E-state index < -0.39 is 65.1 Å². The van der Waals surface area contributed by atoms with Gasteiger partial charge >= 0.3 is 12.2 Å². The SMILES string of the molecule is C.C.C.C[C@@H](O)[C@@H]1CN(c2ccc(Nc3ccc(-c4cnc5cc(F)ccn45)c4c3C(=O)N(C(=O)OC(C)(C)C)C4)nc2)CCO1.C[C@H](O)[C@H]1CN(c2ccc(Nc3ccc(-c4cnc5cc(F)ccn45)c4c3C(=O)N(C(=O)OC(C)(C)C)C4)nc2)CCO1.C[C@H](O)[C@H]1CN(c2ccc(Nc3ccc(-c4cnc5cc(F)ccn45)c4c3C(=O)NC4)nc2)CCO1. The number of nitrogens with zero attached hydrogens (tertiary/aromatic N) is 14. The number of imidazole rings is 3. The molecule has 6 aliphatic rings. The quantitative estimate of drug-likeness (QED) is 0.0501. The second kappa shape index (κ2) is 36.7. The number of ether oxygens (including phenoxy) is 5. The Kier molecular flexibility index (Phi) is 26.3. The van der Waals surface area contributed by atoms with Crippen molar-refractivity contribution in [1.29, 1.82) is 0 Å². The topological polar surface area (TPSA) is 347 Å². The van der Waals surface area contributed by atoms with Gasteiger partial charge in [0.25, 0.3) is 17.7 Å². The first-order valence-electron chi connectivity index (χ1n) is 40.0. The van der Waals surface area contributed by atoms with Gasteiger partial charge < -0.3 is 75.0 Å². The molecule has 0 spiro atoms. The van der Waals surface area contributed by atoms with E-state index in [0.717, 1.165) is 50.2 Å². The highest BCUT2D eigenvalue weighted by Crippen LogP contribution is 2.43. The fraction of sp³-hybridized carbons (Fsp3) is 0.352. The van der Waals surface area contributed by atoms with Crippen LogP contribution in [0.15, 0.2) is 165 Å². The lowest BCUT2D eigenvalue weighted by molar-refractivity contribution is -0.0364. The van der Waals surface area contributed by atoms with Crippen molar-refractivity contribution < 1.29 is 76.1 Å². The second-order valence-corrected chi connectivity index (χ2v) is 32.5. The van der Waals surface area contributed by atoms with E-state index in [4.69, 9.17) is 23.7 Å². The molecule has 18 rings (SSSR count). The minimum Gasteiger partial charge on any atom is -0.443 e. The summed E-state index contributed by atoms with van der Waals surface area (Å²) in [6.07, 6.45) is 11.0. The Hall–Kier alpha value is -13.1. The van der Waals surface area contributed by atoms with E-state index in [0.29, 0.717) is 161 Å². The normalized spacial score (nSPS) is 17.4. The molecule has 0 saturated carbocycles. The molecule has 31 nitrogen and oxygen atoms in total. The first kappa shape index (κ1) is 89.6. The number of morpholine rings is 3. The minimum atomic E-state index is -0.789. The third-order valence-electron chi connectivity index (χ3n) is 21.6. The minimum absolute atomic E-state index is 0. The van der Waals surface area contributed by atoms with Crippen LogP contribution in [0.4, 0.5) is 74.3 Å². The molecule has 656 valence electrons. The molecule has 5 amide bonds. The van der Waals surface area contributed by atoms with Crippen molar-refractivity contribution in [2.75, 3.05) is 89.7 Å². The average Bonchev–Trinajstić information content (AvgIpc) is 1.60. The largest absolute Gasteiger partial charge is 0.443 e. The average molecular weight is 1710 g/mol. The number of anilines is 9. The molecule has 125 heavy (non-hydrogen) atoms. The summed E-state index contributed by atoms with van der Waals surface area (Å²) >= 11 is 0. The molecule has 0 bridgehead atoms. The lowest BCUT2D eigenvalue weighted by atomic mass is 9.99. The summed E-state index contributed by atoms with van der Waals surface area (Å²) in [6.45, 7) is 21.3. The summed E-state index contributed by atoms with van der Waals surface area (Å²) in [7, 11) is 0. The highest BCUT2D eigenvalue weighted by atomic mass is 19.1. The first-order chi connectivity index (χ1) is 58.4. The predicted molar refractivity (Wildman–Crippen MR) is 469 cm³/mol. The van der Waals surface area contributed by atoms with Crippen molar-refractivity contribution >= 4 is 98.4 Å². The number of amides is 5. The van der Waals surface area contributed by atoms with Gasteiger partial charge in [0, 0.05) is 99.3 Å². The van der Waals surface area contributed by atoms with Crippen LogP contribution in [0, 0.1) is 17.5 Å². The van der Waals surface area contributed by atoms with Gasteiger partial charge in [0.1, 0.15) is 81.4 Å². The number of pyridine rings is 6. The van der Waals surface area contributed by atoms with Crippen molar-refractivity contribution in [3.63, 3.8) is 0 Å². The van der Waals surface area contributed by atoms with Crippen LogP contribution in [0.2, 0.25) is 0 Å². The Labute approximate surface area is 720 Å². The Morgan fingerprint density at radius 1 is 0.448 bits per heavy atom. The summed E-state index contributed by atoms with van der Waals surface area (Å²) in [4.78, 5) is 102. The van der Waals surface area contributed by atoms with Gasteiger partial charge in [-0.15, -0.1) is 0 Å². The molecule has 3 fully saturated rings. The first-order valence-corrected chi connectivity index (χ1v) is 40.0. The summed E-state index contributed by atoms with van der Waals surface area (Å²) in [5.41, 5.74) is 11.7. The standard InChI is InChI=1S/2C31H33FN6O5.C26H25FN6O3.3CH4/c2*1-18(39)25-17-36(11-12-42-25)20-5-8-26(33-14-20)35-23-7-6-21(24-15-34-27-13-19(32)9-10-37(24)27)22-16-38(29(40)28(22)23)30(41)43-31(2,3)4;1-15(34)22-14-32(8-9-36-22)17-2-5-23(28-11-17)31-20-4-3-18(19-12-30-26(35)25(19)20)21-13-29-24-10-16(27)6-7-33(21)24;;;/h2*5-10,13-15,18,25,39H,11-12,16-17H2,1-4H3,(H,33,35);2-7,10-11,13,15,22,34H,8-9,12,14H2,1H3,(H,28,31)(H,30,35);3*1H4/t2*18-,25+;15-,22+;;;/m100.../s1. The summed E-state index contributed by atoms with van der Waals surface area (Å²) in [5, 5.41) is 42.4. The molecule has 3 saturated heterocycles. The Morgan fingerprint density at radius 3 is 1.07 bits per heavy atom. The molecular weight excluding hydrogens is 1610 g/mol. The molecule has 12 aromatic rings. The summed E-state index contributed by atoms with van der Waals surface area (Å²) in [5.74, 6) is -0.699. The third kappa shape index (κ3) is 19.0. The van der Waals surface area contributed by atoms with E-state index in [1.165, 1.54) is 36.4 Å². The van der Waals surface area contributed by atoms with Crippen molar-refractivity contribution in [2.24, 2.45) is 0 Å². The number of hydrogen-bond donors (Lipinski definition) is 7. The molecule has 0 radical (unpaired) electrons. The number of benzene rings is 3. The molecule has 0 aliphatic carbocycles. The fourth-order valence-electron chi connectivity index (χ4n) is 15.6. The maximum atomic E-state index is 13.8. The molecule has 3 aromatic carbocycles. The molecule has 34 heteroatoms. The van der Waals surface area contributed by atoms with Crippen LogP contribution in [-0.2, 0) is 43.3 Å². The zero-order valence-corrected chi connectivity index (χ0v) is 68.4. The van der Waals surface area contributed by atoms with Gasteiger partial charge in [-0.05, 0) is 152 Å². The highest BCUT2D eigenvalue weighted by Gasteiger charge is 2.42. The number of imide groups is 2. The van der Waals surface area contributed by atoms with E-state index in [2.05, 4.69) is 65.9 Å². The van der Waals surface area contributed by atoms with E-state index in [1.54, 1.807) is 139 Å². The van der Waals surface area contributed by atoms with Gasteiger partial charge in [0.2, 0.25) is 0 Å². The number of fused-ring (bicyclic) bond motifs is 6. The van der Waals surface area contributed by atoms with Crippen LogP contribution in [-0.4, -0.2) is 205 Å². The molecule has 0 unspecified atom stereocenters. The van der Waals surface area contributed by atoms with Gasteiger partial charge in [0.15, 0.2) is 0 Å². The number of carbonyl (C=O) groups is 5. The van der Waals surface area contributed by atoms with Crippen LogP contribution < -0.4 is 36.0 Å². The van der Waals surface area contributed by atoms with Crippen molar-refractivity contribution in [1.82, 2.24) is 58.2 Å². The van der Waals surface area contributed by atoms with Crippen molar-refractivity contribution in [3.8, 4) is 33.8 Å². The molecule has 7 N–H and O–H groups in total. The van der Waals surface area contributed by atoms with Crippen molar-refractivity contribution in [3.05, 3.63) is 216 Å². The summed E-state index contributed by atoms with van der Waals surface area (Å²) in [6, 6.07) is 30.4. The molecular formula is C91H103F3N18O13. The van der Waals surface area contributed by atoms with E-state index >= 15 is 0 Å². The van der Waals surface area contributed by atoms with E-state index in [9.17, 15) is 52.5 Å². The third-order valence-corrected chi connectivity index (χ3v) is 21.6. The van der Waals surface area contributed by atoms with Gasteiger partial charge in [-0.2, -0.15) is 0 Å². The second-order valence-electron chi connectivity index (χ2n) is 32.5. The van der Waals surface area contributed by atoms with Crippen LogP contribution in [0.3, 0.4) is 0 Å². The van der Waals surface area contributed by atoms with Gasteiger partial charge in [0.05, 0.1) is 156 Å². The van der Waals surface area contributed by atoms with Gasteiger partial charge in [-0.1, -0.05) is 40.5 Å². The number of aliphatic hydroxyl groups is 3. The van der Waals surface area contributed by atoms with E-state index in [1.807, 2.05) is 65.1 Å². The monoisotopic (exact) mass is 1710 g/mol. The Morgan fingerprint density at radius 2 is 0.768 bits per heavy atom. The van der Waals surface area contributed by atoms with Gasteiger partial charge in [-0.3, -0.25) is 27.6 Å². The smallest absolute Gasteiger partial charge is 0.417 e. The number of aliphatic hydroxyl groups excluding tert-OH is 3. The Bertz CT molecular complexity index is 5740. The number of rotatable bonds is 15. The lowest BCUT2D eigenvalue weighted by Crippen LogP contribution is -2.47. The maximum Gasteiger partial charge on any atom is 0.417 e. The maximum absolute atomic E-state index is 13.8. The summed E-state index contributed by atoms with van der Waals surface area (Å²) < 4.78 is 74.6. The molecule has 9 aromatic heterocycles. The highest BCUT2D eigenvalue weighted by molar-refractivity contribution is 6.13. The zero-order chi connectivity index (χ0) is 85.7. The zero-order valence-electron chi connectivity index (χ0n) is 68.4. The molecule has 6 aliphatic heterocycles. The number of hydrogen-bond acceptors (Lipinski definition) is 25. The van der Waals surface area contributed by atoms with Crippen LogP contribution in [0.25, 0.3) is 50.7 Å². The molecule has 15 heterocycles. The Balaban J connectivity index is 0.000000160. The number of nitrogens with one attached hydrogen (secondary N) is 4. The lowest BCUT2D eigenvalue weighted by Gasteiger charge is -2.35. The van der Waals surface area contributed by atoms with Crippen LogP contribution in [0.5, 0.6) is 0 Å². The predicted octanol–water partition coefficient (Wildman–Crippen LogP) is 14.5. The van der Waals surface area contributed by atoms with Crippen LogP contribution >= 0.6 is 0 Å². The fourth-order valence-corrected chi connectivity index (χ4v) is 15.6. The number of aromatic nitrogens is 9. The number of carbonyl (C=O) groups excluding carboxylic acids is 5. The van der Waals surface area contributed by atoms with Gasteiger partial charge in [-0.25, -0.2) is 62.5 Å². The number of halogens is 3. The van der Waals surface area contributed by atoms with Crippen molar-refractivity contribution in [2.45, 2.75) is 152 Å². The van der Waals surface area contributed by atoms with Crippen LogP contribution in [0.1, 0.15) is 132 Å². The van der Waals surface area contributed by atoms with E-state index in [-0.39, 0.29) is 65.4 Å². The molecule has 6 atom stereocenters.